The van der Waals surface area contributed by atoms with Gasteiger partial charge in [-0.05, 0) is 125 Å². The Bertz CT molecular complexity index is 3000. The maximum absolute atomic E-state index is 7.17. The summed E-state index contributed by atoms with van der Waals surface area (Å²) in [6, 6.07) is 57.8. The molecular formula is C55H40N2O2. The van der Waals surface area contributed by atoms with Crippen LogP contribution in [-0.4, -0.2) is 6.04 Å². The molecule has 13 rings (SSSR count). The van der Waals surface area contributed by atoms with Crippen LogP contribution >= 0.6 is 0 Å². The van der Waals surface area contributed by atoms with Gasteiger partial charge in [-0.3, -0.25) is 0 Å². The van der Waals surface area contributed by atoms with Crippen molar-refractivity contribution in [2.45, 2.75) is 43.1 Å². The average Bonchev–Trinajstić information content (AvgIpc) is 3.91. The van der Waals surface area contributed by atoms with Crippen molar-refractivity contribution < 1.29 is 9.47 Å². The van der Waals surface area contributed by atoms with Crippen molar-refractivity contribution >= 4 is 34.0 Å². The highest BCUT2D eigenvalue weighted by Gasteiger charge is 2.54. The Morgan fingerprint density at radius 3 is 2.25 bits per heavy atom. The molecule has 0 bridgehead atoms. The standard InChI is InChI=1S/C55H40N2O2/c1-2-15-35(16-3-1)56(36-17-14-18-37(33-36)57-48-27-12-7-21-41(48)42-22-8-13-28-49(42)57)38-29-31-50-52(34-38)59-54-51(58-50)32-30-47-53(54)43-23-6-11-26-46(43)55(47)44-24-9-4-19-39(44)40-20-5-10-25-45(40)55/h1-9,11-12,14-24,26-27,29-34,42,49H,10,13,25,28H2. The summed E-state index contributed by atoms with van der Waals surface area (Å²) in [7, 11) is 0. The van der Waals surface area contributed by atoms with Crippen molar-refractivity contribution in [1.82, 2.24) is 0 Å². The fourth-order valence-electron chi connectivity index (χ4n) is 11.4. The van der Waals surface area contributed by atoms with Crippen LogP contribution in [0.25, 0.3) is 16.7 Å². The van der Waals surface area contributed by atoms with Crippen LogP contribution in [0.15, 0.2) is 188 Å². The normalized spacial score (nSPS) is 20.7. The summed E-state index contributed by atoms with van der Waals surface area (Å²) in [5, 5.41) is 0. The number of anilines is 5. The first-order chi connectivity index (χ1) is 29.3. The molecule has 0 N–H and O–H groups in total. The summed E-state index contributed by atoms with van der Waals surface area (Å²) in [5.41, 5.74) is 17.2. The topological polar surface area (TPSA) is 24.9 Å². The van der Waals surface area contributed by atoms with E-state index in [1.165, 1.54) is 55.9 Å². The van der Waals surface area contributed by atoms with E-state index in [9.17, 15) is 0 Å². The number of rotatable bonds is 4. The molecule has 2 heterocycles. The van der Waals surface area contributed by atoms with Gasteiger partial charge in [0.1, 0.15) is 0 Å². The molecule has 7 aromatic rings. The number of fused-ring (bicyclic) bond motifs is 15. The van der Waals surface area contributed by atoms with Gasteiger partial charge in [-0.1, -0.05) is 121 Å². The lowest BCUT2D eigenvalue weighted by molar-refractivity contribution is 0.360. The van der Waals surface area contributed by atoms with Crippen LogP contribution < -0.4 is 19.3 Å². The van der Waals surface area contributed by atoms with Crippen LogP contribution in [-0.2, 0) is 5.41 Å². The number of ether oxygens (including phenoxy) is 2. The first kappa shape index (κ1) is 33.0. The summed E-state index contributed by atoms with van der Waals surface area (Å²) in [6.45, 7) is 0. The molecule has 0 saturated carbocycles. The predicted octanol–water partition coefficient (Wildman–Crippen LogP) is 14.4. The molecule has 0 saturated heterocycles. The third kappa shape index (κ3) is 4.54. The van der Waals surface area contributed by atoms with E-state index in [1.54, 1.807) is 0 Å². The third-order valence-corrected chi connectivity index (χ3v) is 13.6. The third-order valence-electron chi connectivity index (χ3n) is 13.6. The number of hydrogen-bond donors (Lipinski definition) is 0. The monoisotopic (exact) mass is 760 g/mol. The molecule has 282 valence electrons. The van der Waals surface area contributed by atoms with Crippen LogP contribution in [0.5, 0.6) is 23.0 Å². The van der Waals surface area contributed by atoms with Crippen LogP contribution in [0, 0.1) is 0 Å². The summed E-state index contributed by atoms with van der Waals surface area (Å²) in [5.74, 6) is 3.35. The van der Waals surface area contributed by atoms with Crippen molar-refractivity contribution in [2.75, 3.05) is 9.80 Å². The maximum Gasteiger partial charge on any atom is 0.178 e. The fourth-order valence-corrected chi connectivity index (χ4v) is 11.4. The van der Waals surface area contributed by atoms with Gasteiger partial charge in [0.2, 0.25) is 0 Å². The van der Waals surface area contributed by atoms with Crippen LogP contribution in [0.4, 0.5) is 28.4 Å². The SMILES string of the molecule is C1=CC2=C(CC1)C1(c3ccccc32)c2ccccc2-c2c1ccc1c2Oc2cc(N(c3ccccc3)c3cccc(N4c5ccccc5C5C=CCCC54)c3)ccc2O1. The molecule has 4 heteroatoms. The highest BCUT2D eigenvalue weighted by atomic mass is 16.6. The molecule has 4 aliphatic carbocycles. The summed E-state index contributed by atoms with van der Waals surface area (Å²) in [4.78, 5) is 4.91. The minimum Gasteiger partial charge on any atom is -0.449 e. The molecule has 0 amide bonds. The molecule has 3 atom stereocenters. The Labute approximate surface area is 344 Å². The minimum atomic E-state index is -0.373. The van der Waals surface area contributed by atoms with E-state index in [2.05, 4.69) is 192 Å². The Kier molecular flexibility index (Phi) is 6.98. The van der Waals surface area contributed by atoms with Gasteiger partial charge in [0.05, 0.1) is 11.1 Å². The smallest absolute Gasteiger partial charge is 0.178 e. The molecule has 0 aromatic heterocycles. The van der Waals surface area contributed by atoms with Crippen molar-refractivity contribution in [3.05, 3.63) is 215 Å². The first-order valence-corrected chi connectivity index (χ1v) is 21.0. The van der Waals surface area contributed by atoms with Crippen molar-refractivity contribution in [3.63, 3.8) is 0 Å². The molecule has 59 heavy (non-hydrogen) atoms. The quantitative estimate of drug-likeness (QED) is 0.167. The second-order valence-electron chi connectivity index (χ2n) is 16.5. The molecule has 2 aliphatic heterocycles. The Morgan fingerprint density at radius 2 is 1.34 bits per heavy atom. The maximum atomic E-state index is 7.17. The lowest BCUT2D eigenvalue weighted by Crippen LogP contribution is -2.30. The molecule has 7 aromatic carbocycles. The van der Waals surface area contributed by atoms with E-state index in [4.69, 9.17) is 9.47 Å². The van der Waals surface area contributed by atoms with Crippen LogP contribution in [0.1, 0.15) is 59.4 Å². The van der Waals surface area contributed by atoms with E-state index in [1.807, 2.05) is 0 Å². The summed E-state index contributed by atoms with van der Waals surface area (Å²) < 4.78 is 14.0. The van der Waals surface area contributed by atoms with Crippen LogP contribution in [0.2, 0.25) is 0 Å². The van der Waals surface area contributed by atoms with Gasteiger partial charge in [0.25, 0.3) is 0 Å². The zero-order valence-corrected chi connectivity index (χ0v) is 32.5. The van der Waals surface area contributed by atoms with Crippen molar-refractivity contribution in [2.24, 2.45) is 0 Å². The Morgan fingerprint density at radius 1 is 0.576 bits per heavy atom. The van der Waals surface area contributed by atoms with Gasteiger partial charge in [0.15, 0.2) is 23.0 Å². The van der Waals surface area contributed by atoms with Crippen LogP contribution in [0.3, 0.4) is 0 Å². The lowest BCUT2D eigenvalue weighted by atomic mass is 9.68. The van der Waals surface area contributed by atoms with E-state index in [0.29, 0.717) is 23.5 Å². The first-order valence-electron chi connectivity index (χ1n) is 21.0. The second-order valence-corrected chi connectivity index (χ2v) is 16.5. The number of benzene rings is 7. The zero-order valence-electron chi connectivity index (χ0n) is 32.5. The fraction of sp³-hybridized carbons (Fsp3) is 0.127. The molecular weight excluding hydrogens is 721 g/mol. The highest BCUT2D eigenvalue weighted by Crippen LogP contribution is 2.67. The predicted molar refractivity (Wildman–Crippen MR) is 238 cm³/mol. The molecule has 1 spiro atoms. The van der Waals surface area contributed by atoms with Crippen molar-refractivity contribution in [3.8, 4) is 34.1 Å². The van der Waals surface area contributed by atoms with E-state index >= 15 is 0 Å². The minimum absolute atomic E-state index is 0.373. The number of para-hydroxylation sites is 2. The molecule has 0 fully saturated rings. The zero-order chi connectivity index (χ0) is 38.7. The van der Waals surface area contributed by atoms with Gasteiger partial charge in [-0.25, -0.2) is 0 Å². The van der Waals surface area contributed by atoms with Crippen molar-refractivity contribution in [1.29, 1.82) is 0 Å². The number of nitrogens with zero attached hydrogens (tertiary/aromatic N) is 2. The number of hydrogen-bond acceptors (Lipinski definition) is 4. The Balaban J connectivity index is 0.938. The molecule has 3 unspecified atom stereocenters. The molecule has 6 aliphatic rings. The number of allylic oxidation sites excluding steroid dienone is 5. The van der Waals surface area contributed by atoms with E-state index < -0.39 is 0 Å². The largest absolute Gasteiger partial charge is 0.449 e. The van der Waals surface area contributed by atoms with Gasteiger partial charge >= 0.3 is 0 Å². The lowest BCUT2D eigenvalue weighted by Gasteiger charge is -2.34. The molecule has 0 radical (unpaired) electrons. The van der Waals surface area contributed by atoms with Gasteiger partial charge < -0.3 is 19.3 Å². The van der Waals surface area contributed by atoms with Gasteiger partial charge in [-0.15, -0.1) is 0 Å². The highest BCUT2D eigenvalue weighted by molar-refractivity contribution is 5.99. The second kappa shape index (κ2) is 12.5. The summed E-state index contributed by atoms with van der Waals surface area (Å²) in [6.07, 6.45) is 13.7. The Hall–Kier alpha value is -7.04. The van der Waals surface area contributed by atoms with E-state index in [-0.39, 0.29) is 5.41 Å². The van der Waals surface area contributed by atoms with E-state index in [0.717, 1.165) is 59.8 Å². The molecule has 4 nitrogen and oxygen atoms in total. The van der Waals surface area contributed by atoms with Gasteiger partial charge in [-0.2, -0.15) is 0 Å². The van der Waals surface area contributed by atoms with Gasteiger partial charge in [0, 0.05) is 46.3 Å². The summed E-state index contributed by atoms with van der Waals surface area (Å²) >= 11 is 0. The average molecular weight is 761 g/mol.